The fourth-order valence-corrected chi connectivity index (χ4v) is 1.62. The van der Waals surface area contributed by atoms with E-state index in [1.54, 1.807) is 0 Å². The van der Waals surface area contributed by atoms with Gasteiger partial charge in [0.2, 0.25) is 0 Å². The summed E-state index contributed by atoms with van der Waals surface area (Å²) in [4.78, 5) is 0. The van der Waals surface area contributed by atoms with Crippen molar-refractivity contribution in [1.82, 2.24) is 0 Å². The van der Waals surface area contributed by atoms with E-state index >= 15 is 0 Å². The average Bonchev–Trinajstić information content (AvgIpc) is 1.90. The number of hydrogen-bond donors (Lipinski definition) is 1. The lowest BCUT2D eigenvalue weighted by Crippen LogP contribution is -2.22. The zero-order valence-electron chi connectivity index (χ0n) is 6.14. The summed E-state index contributed by atoms with van der Waals surface area (Å²) in [6, 6.07) is -0.0645. The predicted octanol–water partition coefficient (Wildman–Crippen LogP) is 0.518. The summed E-state index contributed by atoms with van der Waals surface area (Å²) in [6.45, 7) is 0. The Morgan fingerprint density at radius 3 is 2.11 bits per heavy atom. The molecule has 0 heterocycles. The molecule has 1 aliphatic rings. The zero-order chi connectivity index (χ0) is 6.69. The van der Waals surface area contributed by atoms with E-state index in [9.17, 15) is 5.11 Å². The molecule has 1 fully saturated rings. The molecule has 1 saturated carbocycles. The maximum atomic E-state index is 9.18. The van der Waals surface area contributed by atoms with Crippen LogP contribution in [0.2, 0.25) is 0 Å². The summed E-state index contributed by atoms with van der Waals surface area (Å²) < 4.78 is 0. The normalized spacial score (nSPS) is 25.9. The zero-order valence-corrected chi connectivity index (χ0v) is 6.14. The summed E-state index contributed by atoms with van der Waals surface area (Å²) in [5.41, 5.74) is 0. The average molecular weight is 126 g/mol. The minimum absolute atomic E-state index is 0.0645. The minimum atomic E-state index is -0.0645. The number of aliphatic hydroxyl groups is 1. The molecular formula is C7H15BO. The topological polar surface area (TPSA) is 20.2 Å². The second-order valence-corrected chi connectivity index (χ2v) is 3.14. The molecule has 0 unspecified atom stereocenters. The van der Waals surface area contributed by atoms with Gasteiger partial charge in [-0.25, -0.2) is 0 Å². The fraction of sp³-hybridized carbons (Fsp3) is 1.00. The molecule has 1 atom stereocenters. The highest BCUT2D eigenvalue weighted by molar-refractivity contribution is 6.10. The van der Waals surface area contributed by atoms with E-state index in [0.717, 1.165) is 0 Å². The molecule has 0 bridgehead atoms. The third kappa shape index (κ3) is 2.01. The van der Waals surface area contributed by atoms with E-state index in [2.05, 4.69) is 0 Å². The van der Waals surface area contributed by atoms with Crippen LogP contribution in [0, 0.1) is 5.92 Å². The molecule has 0 amide bonds. The molecule has 2 heteroatoms. The largest absolute Gasteiger partial charge is 0.402 e. The predicted molar refractivity (Wildman–Crippen MR) is 41.1 cm³/mol. The quantitative estimate of drug-likeness (QED) is 0.507. The second kappa shape index (κ2) is 3.26. The van der Waals surface area contributed by atoms with Crippen molar-refractivity contribution in [2.24, 2.45) is 5.92 Å². The third-order valence-corrected chi connectivity index (χ3v) is 2.33. The number of hydrogen-bond acceptors (Lipinski definition) is 1. The van der Waals surface area contributed by atoms with Gasteiger partial charge in [0.15, 0.2) is 0 Å². The Balaban J connectivity index is 2.23. The molecule has 1 rings (SSSR count). The Morgan fingerprint density at radius 1 is 1.22 bits per heavy atom. The first-order chi connectivity index (χ1) is 4.30. The van der Waals surface area contributed by atoms with Gasteiger partial charge in [0.1, 0.15) is 7.85 Å². The molecule has 1 N–H and O–H groups in total. The Kier molecular flexibility index (Phi) is 2.58. The van der Waals surface area contributed by atoms with Crippen LogP contribution in [0.1, 0.15) is 32.1 Å². The first-order valence-electron chi connectivity index (χ1n) is 3.99. The summed E-state index contributed by atoms with van der Waals surface area (Å²) in [7, 11) is 1.91. The van der Waals surface area contributed by atoms with Gasteiger partial charge in [-0.3, -0.25) is 0 Å². The summed E-state index contributed by atoms with van der Waals surface area (Å²) >= 11 is 0. The van der Waals surface area contributed by atoms with Crippen molar-refractivity contribution in [2.45, 2.75) is 38.1 Å². The smallest absolute Gasteiger partial charge is 0.139 e. The molecule has 0 aliphatic heterocycles. The van der Waals surface area contributed by atoms with Crippen LogP contribution >= 0.6 is 0 Å². The Hall–Kier alpha value is 0.0249. The summed E-state index contributed by atoms with van der Waals surface area (Å²) in [6.07, 6.45) is 6.53. The number of aliphatic hydroxyl groups excluding tert-OH is 1. The van der Waals surface area contributed by atoms with Gasteiger partial charge in [-0.05, 0) is 18.8 Å². The van der Waals surface area contributed by atoms with Crippen molar-refractivity contribution < 1.29 is 5.11 Å². The lowest BCUT2D eigenvalue weighted by atomic mass is 9.77. The van der Waals surface area contributed by atoms with Crippen LogP contribution in [0.25, 0.3) is 0 Å². The summed E-state index contributed by atoms with van der Waals surface area (Å²) in [5.74, 6) is 0.610. The monoisotopic (exact) mass is 126 g/mol. The van der Waals surface area contributed by atoms with E-state index in [4.69, 9.17) is 0 Å². The highest BCUT2D eigenvalue weighted by Gasteiger charge is 2.16. The van der Waals surface area contributed by atoms with Gasteiger partial charge in [-0.1, -0.05) is 19.3 Å². The molecule has 0 radical (unpaired) electrons. The van der Waals surface area contributed by atoms with Crippen molar-refractivity contribution in [3.8, 4) is 0 Å². The highest BCUT2D eigenvalue weighted by Crippen LogP contribution is 2.24. The molecule has 0 aromatic heterocycles. The van der Waals surface area contributed by atoms with Crippen molar-refractivity contribution in [3.05, 3.63) is 0 Å². The van der Waals surface area contributed by atoms with Crippen molar-refractivity contribution >= 4 is 7.85 Å². The lowest BCUT2D eigenvalue weighted by molar-refractivity contribution is 0.152. The maximum absolute atomic E-state index is 9.18. The first kappa shape index (κ1) is 7.14. The van der Waals surface area contributed by atoms with Gasteiger partial charge in [-0.2, -0.15) is 0 Å². The Morgan fingerprint density at radius 2 is 1.78 bits per heavy atom. The molecular weight excluding hydrogens is 111 g/mol. The third-order valence-electron chi connectivity index (χ3n) is 2.33. The van der Waals surface area contributed by atoms with Gasteiger partial charge >= 0.3 is 0 Å². The highest BCUT2D eigenvalue weighted by atomic mass is 16.3. The van der Waals surface area contributed by atoms with Crippen LogP contribution in [0.4, 0.5) is 0 Å². The van der Waals surface area contributed by atoms with E-state index in [0.29, 0.717) is 5.92 Å². The molecule has 52 valence electrons. The van der Waals surface area contributed by atoms with Crippen LogP contribution in [0.3, 0.4) is 0 Å². The standard InChI is InChI=1S/C7H15BO/c8-7(9)6-4-2-1-3-5-6/h6-7,9H,1-5,8H2/t7-/m1/s1. The van der Waals surface area contributed by atoms with Gasteiger partial charge < -0.3 is 5.11 Å². The van der Waals surface area contributed by atoms with Crippen LogP contribution in [0.5, 0.6) is 0 Å². The van der Waals surface area contributed by atoms with Crippen molar-refractivity contribution in [1.29, 1.82) is 0 Å². The van der Waals surface area contributed by atoms with Crippen LogP contribution in [0.15, 0.2) is 0 Å². The van der Waals surface area contributed by atoms with E-state index in [-0.39, 0.29) is 6.00 Å². The molecule has 9 heavy (non-hydrogen) atoms. The molecule has 0 aromatic carbocycles. The van der Waals surface area contributed by atoms with E-state index in [1.165, 1.54) is 32.1 Å². The van der Waals surface area contributed by atoms with Gasteiger partial charge in [0, 0.05) is 6.00 Å². The van der Waals surface area contributed by atoms with Crippen LogP contribution in [-0.4, -0.2) is 19.0 Å². The molecule has 1 nitrogen and oxygen atoms in total. The Labute approximate surface area is 57.9 Å². The maximum Gasteiger partial charge on any atom is 0.139 e. The molecule has 0 saturated heterocycles. The van der Waals surface area contributed by atoms with Crippen LogP contribution < -0.4 is 0 Å². The molecule has 0 spiro atoms. The minimum Gasteiger partial charge on any atom is -0.402 e. The lowest BCUT2D eigenvalue weighted by Gasteiger charge is -2.23. The van der Waals surface area contributed by atoms with E-state index in [1.807, 2.05) is 7.85 Å². The number of rotatable bonds is 1. The van der Waals surface area contributed by atoms with Gasteiger partial charge in [0.25, 0.3) is 0 Å². The van der Waals surface area contributed by atoms with Crippen molar-refractivity contribution in [3.63, 3.8) is 0 Å². The summed E-state index contributed by atoms with van der Waals surface area (Å²) in [5, 5.41) is 9.18. The SMILES string of the molecule is B[C@H](O)C1CCCCC1. The molecule has 0 aromatic rings. The first-order valence-corrected chi connectivity index (χ1v) is 3.99. The van der Waals surface area contributed by atoms with Crippen molar-refractivity contribution in [2.75, 3.05) is 0 Å². The van der Waals surface area contributed by atoms with E-state index < -0.39 is 0 Å². The molecule has 1 aliphatic carbocycles. The Bertz CT molecular complexity index is 77.0. The van der Waals surface area contributed by atoms with Gasteiger partial charge in [0.05, 0.1) is 0 Å². The van der Waals surface area contributed by atoms with Gasteiger partial charge in [-0.15, -0.1) is 0 Å². The van der Waals surface area contributed by atoms with Crippen LogP contribution in [-0.2, 0) is 0 Å². The fourth-order valence-electron chi connectivity index (χ4n) is 1.62. The second-order valence-electron chi connectivity index (χ2n) is 3.14.